The number of benzene rings is 2. The number of rotatable bonds is 9. The van der Waals surface area contributed by atoms with Crippen molar-refractivity contribution in [3.8, 4) is 23.0 Å². The SMILES string of the molecule is Cc1cc(C(=O)O)nc(-c2cnc(Nc3ccc(F)c(Cl)c3)nc2-n2ccc(C(F)(F)F)n2)n1.OB(O)c1cnc(Nc2ccc(F)c(Cl)c2)nc1-n1ccc(C(F)(F)F)n1. The summed E-state index contributed by atoms with van der Waals surface area (Å²) < 4.78 is 106. The Morgan fingerprint density at radius 3 is 1.66 bits per heavy atom. The predicted molar refractivity (Wildman–Crippen MR) is 200 cm³/mol. The topological polar surface area (TPSA) is 215 Å². The highest BCUT2D eigenvalue weighted by molar-refractivity contribution is 6.59. The Bertz CT molecular complexity index is 2760. The third kappa shape index (κ3) is 10.5. The highest BCUT2D eigenvalue weighted by Gasteiger charge is 2.35. The summed E-state index contributed by atoms with van der Waals surface area (Å²) in [5.74, 6) is -3.39. The van der Waals surface area contributed by atoms with Crippen LogP contribution in [-0.4, -0.2) is 77.7 Å². The summed E-state index contributed by atoms with van der Waals surface area (Å²) in [6.45, 7) is 1.53. The molecular formula is C34H21BCl2F8N12O4. The molecule has 5 N–H and O–H groups in total. The number of anilines is 4. The standard InChI is InChI=1S/C20H12ClF4N7O2.C14H9BClF4N5O2/c1-9-6-14(18(33)34)29-16(27-9)11-8-26-19(28-10-2-3-13(22)12(21)7-10)30-17(11)32-5-4-15(31-32)20(23,24)25;16-9-5-7(1-2-10(9)17)22-13-21-6-8(15(26)27)12(23-13)25-4-3-11(24-25)14(18,19)20/h2-8H,1H3,(H,33,34)(H,26,28,30);1-6,26-27H,(H,21,22,23). The number of aromatic nitrogens is 10. The number of halogens is 10. The molecule has 314 valence electrons. The fourth-order valence-corrected chi connectivity index (χ4v) is 5.33. The second-order valence-corrected chi connectivity index (χ2v) is 12.9. The van der Waals surface area contributed by atoms with Gasteiger partial charge in [-0.1, -0.05) is 23.2 Å². The van der Waals surface area contributed by atoms with Crippen molar-refractivity contribution in [2.45, 2.75) is 19.3 Å². The van der Waals surface area contributed by atoms with Crippen LogP contribution in [-0.2, 0) is 12.4 Å². The van der Waals surface area contributed by atoms with Gasteiger partial charge in [-0.25, -0.2) is 42.9 Å². The Labute approximate surface area is 345 Å². The Hall–Kier alpha value is -6.83. The van der Waals surface area contributed by atoms with Crippen molar-refractivity contribution < 1.29 is 55.1 Å². The number of alkyl halides is 6. The number of aryl methyl sites for hydroxylation is 1. The molecule has 0 radical (unpaired) electrons. The van der Waals surface area contributed by atoms with Gasteiger partial charge < -0.3 is 25.8 Å². The fraction of sp³-hybridized carbons (Fsp3) is 0.0882. The third-order valence-corrected chi connectivity index (χ3v) is 8.28. The molecule has 0 fully saturated rings. The Kier molecular flexibility index (Phi) is 12.5. The number of carboxylic acid groups (broad SMARTS) is 1. The quantitative estimate of drug-likeness (QED) is 0.0765. The molecule has 0 aliphatic heterocycles. The van der Waals surface area contributed by atoms with Crippen LogP contribution in [0.1, 0.15) is 27.6 Å². The summed E-state index contributed by atoms with van der Waals surface area (Å²) in [6.07, 6.45) is -5.18. The molecule has 7 rings (SSSR count). The van der Waals surface area contributed by atoms with Crippen molar-refractivity contribution in [2.75, 3.05) is 10.6 Å². The Balaban J connectivity index is 0.000000210. The molecule has 0 saturated heterocycles. The maximum absolute atomic E-state index is 13.4. The molecule has 61 heavy (non-hydrogen) atoms. The van der Waals surface area contributed by atoms with Gasteiger partial charge in [0.25, 0.3) is 0 Å². The van der Waals surface area contributed by atoms with E-state index >= 15 is 0 Å². The zero-order chi connectivity index (χ0) is 44.4. The minimum Gasteiger partial charge on any atom is -0.477 e. The van der Waals surface area contributed by atoms with Crippen molar-refractivity contribution in [3.05, 3.63) is 124 Å². The normalized spacial score (nSPS) is 11.5. The van der Waals surface area contributed by atoms with E-state index in [-0.39, 0.29) is 56.1 Å². The van der Waals surface area contributed by atoms with Gasteiger partial charge in [-0.3, -0.25) is 0 Å². The summed E-state index contributed by atoms with van der Waals surface area (Å²) in [5.41, 5.74) is -2.02. The van der Waals surface area contributed by atoms with Gasteiger partial charge >= 0.3 is 25.4 Å². The molecule has 0 atom stereocenters. The average molecular weight is 895 g/mol. The van der Waals surface area contributed by atoms with E-state index in [0.717, 1.165) is 46.2 Å². The predicted octanol–water partition coefficient (Wildman–Crippen LogP) is 6.58. The Morgan fingerprint density at radius 2 is 1.20 bits per heavy atom. The van der Waals surface area contributed by atoms with Crippen LogP contribution in [0.5, 0.6) is 0 Å². The molecule has 0 amide bonds. The molecule has 7 aromatic rings. The second kappa shape index (κ2) is 17.4. The molecule has 5 heterocycles. The van der Waals surface area contributed by atoms with Crippen molar-refractivity contribution in [1.82, 2.24) is 49.5 Å². The lowest BCUT2D eigenvalue weighted by Gasteiger charge is -2.12. The minimum atomic E-state index is -4.71. The molecule has 5 aromatic heterocycles. The van der Waals surface area contributed by atoms with E-state index in [1.807, 2.05) is 0 Å². The first-order valence-corrected chi connectivity index (χ1v) is 17.3. The zero-order valence-corrected chi connectivity index (χ0v) is 31.6. The van der Waals surface area contributed by atoms with Gasteiger partial charge in [0, 0.05) is 47.3 Å². The van der Waals surface area contributed by atoms with Gasteiger partial charge in [-0.05, 0) is 61.5 Å². The first-order valence-electron chi connectivity index (χ1n) is 16.6. The van der Waals surface area contributed by atoms with Crippen LogP contribution in [0.3, 0.4) is 0 Å². The molecule has 0 aliphatic carbocycles. The Morgan fingerprint density at radius 1 is 0.705 bits per heavy atom. The monoisotopic (exact) mass is 894 g/mol. The molecule has 0 bridgehead atoms. The lowest BCUT2D eigenvalue weighted by molar-refractivity contribution is -0.142. The molecule has 2 aromatic carbocycles. The number of carbonyl (C=O) groups is 1. The minimum absolute atomic E-state index is 0.0192. The summed E-state index contributed by atoms with van der Waals surface area (Å²) in [7, 11) is -2.05. The maximum atomic E-state index is 13.4. The fourth-order valence-electron chi connectivity index (χ4n) is 4.96. The molecule has 0 unspecified atom stereocenters. The summed E-state index contributed by atoms with van der Waals surface area (Å²) in [5, 5.41) is 40.1. The van der Waals surface area contributed by atoms with E-state index in [4.69, 9.17) is 23.2 Å². The van der Waals surface area contributed by atoms with Crippen LogP contribution in [0, 0.1) is 18.6 Å². The zero-order valence-electron chi connectivity index (χ0n) is 30.1. The number of hydrogen-bond donors (Lipinski definition) is 5. The first-order chi connectivity index (χ1) is 28.7. The van der Waals surface area contributed by atoms with Crippen LogP contribution >= 0.6 is 23.2 Å². The molecule has 27 heteroatoms. The summed E-state index contributed by atoms with van der Waals surface area (Å²) >= 11 is 11.4. The number of aromatic carboxylic acids is 1. The van der Waals surface area contributed by atoms with Gasteiger partial charge in [0.15, 0.2) is 34.5 Å². The van der Waals surface area contributed by atoms with Crippen LogP contribution in [0.4, 0.5) is 58.4 Å². The lowest BCUT2D eigenvalue weighted by Crippen LogP contribution is -2.35. The smallest absolute Gasteiger partial charge is 0.477 e. The van der Waals surface area contributed by atoms with Crippen LogP contribution < -0.4 is 16.1 Å². The number of carboxylic acids is 1. The van der Waals surface area contributed by atoms with Crippen LogP contribution in [0.15, 0.2) is 79.4 Å². The van der Waals surface area contributed by atoms with E-state index in [2.05, 4.69) is 50.7 Å². The van der Waals surface area contributed by atoms with Crippen molar-refractivity contribution >= 4 is 65.0 Å². The maximum Gasteiger partial charge on any atom is 0.493 e. The van der Waals surface area contributed by atoms with Gasteiger partial charge in [0.05, 0.1) is 15.6 Å². The summed E-state index contributed by atoms with van der Waals surface area (Å²) in [4.78, 5) is 35.6. The third-order valence-electron chi connectivity index (χ3n) is 7.70. The van der Waals surface area contributed by atoms with Crippen molar-refractivity contribution in [1.29, 1.82) is 0 Å². The van der Waals surface area contributed by atoms with Crippen molar-refractivity contribution in [3.63, 3.8) is 0 Å². The average Bonchev–Trinajstić information content (AvgIpc) is 3.90. The van der Waals surface area contributed by atoms with E-state index < -0.39 is 48.5 Å². The molecular weight excluding hydrogens is 874 g/mol. The van der Waals surface area contributed by atoms with Gasteiger partial charge in [0.1, 0.15) is 11.6 Å². The largest absolute Gasteiger partial charge is 0.493 e. The molecule has 0 spiro atoms. The van der Waals surface area contributed by atoms with Gasteiger partial charge in [-0.15, -0.1) is 0 Å². The van der Waals surface area contributed by atoms with Crippen LogP contribution in [0.25, 0.3) is 23.0 Å². The first kappa shape index (κ1) is 43.7. The van der Waals surface area contributed by atoms with Crippen LogP contribution in [0.2, 0.25) is 10.0 Å². The number of hydrogen-bond acceptors (Lipinski definition) is 13. The lowest BCUT2D eigenvalue weighted by atomic mass is 9.81. The summed E-state index contributed by atoms with van der Waals surface area (Å²) in [6, 6.07) is 10.1. The van der Waals surface area contributed by atoms with Crippen molar-refractivity contribution in [2.24, 2.45) is 0 Å². The van der Waals surface area contributed by atoms with Gasteiger partial charge in [-0.2, -0.15) is 46.5 Å². The molecule has 16 nitrogen and oxygen atoms in total. The van der Waals surface area contributed by atoms with Gasteiger partial charge in [0.2, 0.25) is 11.9 Å². The van der Waals surface area contributed by atoms with E-state index in [1.54, 1.807) is 0 Å². The highest BCUT2D eigenvalue weighted by Crippen LogP contribution is 2.31. The second-order valence-electron chi connectivity index (χ2n) is 12.1. The van der Waals surface area contributed by atoms with E-state index in [9.17, 15) is 55.1 Å². The highest BCUT2D eigenvalue weighted by atomic mass is 35.5. The molecule has 0 saturated carbocycles. The van der Waals surface area contributed by atoms with E-state index in [1.165, 1.54) is 43.5 Å². The number of nitrogens with zero attached hydrogens (tertiary/aromatic N) is 10. The number of nitrogens with one attached hydrogen (secondary N) is 2. The van der Waals surface area contributed by atoms with E-state index in [0.29, 0.717) is 23.1 Å². The molecule has 0 aliphatic rings.